The van der Waals surface area contributed by atoms with E-state index in [4.69, 9.17) is 4.74 Å². The quantitative estimate of drug-likeness (QED) is 0.0515. The zero-order chi connectivity index (χ0) is 32.5. The van der Waals surface area contributed by atoms with E-state index in [9.17, 15) is 71.9 Å². The van der Waals surface area contributed by atoms with Gasteiger partial charge in [-0.25, -0.2) is 0 Å². The van der Waals surface area contributed by atoms with Crippen molar-refractivity contribution in [1.82, 2.24) is 0 Å². The summed E-state index contributed by atoms with van der Waals surface area (Å²) in [5.41, 5.74) is 0. The molecule has 0 saturated carbocycles. The third-order valence-electron chi connectivity index (χ3n) is 5.48. The van der Waals surface area contributed by atoms with Crippen molar-refractivity contribution in [3.05, 3.63) is 0 Å². The van der Waals surface area contributed by atoms with E-state index in [2.05, 4.69) is 14.1 Å². The van der Waals surface area contributed by atoms with Crippen LogP contribution in [0.25, 0.3) is 0 Å². The van der Waals surface area contributed by atoms with E-state index in [1.807, 2.05) is 6.92 Å². The predicted octanol–water partition coefficient (Wildman–Crippen LogP) is 3.05. The minimum absolute atomic E-state index is 0. The molecule has 2 atom stereocenters. The molecule has 0 aliphatic heterocycles. The van der Waals surface area contributed by atoms with Gasteiger partial charge < -0.3 is 14.7 Å². The maximum Gasteiger partial charge on any atom is 1.00 e. The third kappa shape index (κ3) is 10.4. The van der Waals surface area contributed by atoms with Gasteiger partial charge in [-0.05, 0) is 12.3 Å². The molecule has 0 heterocycles. The summed E-state index contributed by atoms with van der Waals surface area (Å²) in [6.07, 6.45) is -8.51. The third-order valence-corrected chi connectivity index (χ3v) is 6.21. The first-order valence-electron chi connectivity index (χ1n) is 11.4. The van der Waals surface area contributed by atoms with Crippen molar-refractivity contribution in [3.8, 4) is 0 Å². The Morgan fingerprint density at radius 2 is 1.33 bits per heavy atom. The van der Waals surface area contributed by atoms with E-state index in [0.29, 0.717) is 12.8 Å². The second-order valence-electron chi connectivity index (χ2n) is 8.44. The Balaban J connectivity index is 0. The summed E-state index contributed by atoms with van der Waals surface area (Å²) in [6, 6.07) is 0. The van der Waals surface area contributed by atoms with Gasteiger partial charge >= 0.3 is 77.3 Å². The second kappa shape index (κ2) is 17.1. The van der Waals surface area contributed by atoms with Gasteiger partial charge in [0.05, 0.1) is 26.1 Å². The van der Waals surface area contributed by atoms with E-state index in [1.165, 1.54) is 0 Å². The summed E-state index contributed by atoms with van der Waals surface area (Å²) in [5.74, 6) is -41.0. The summed E-state index contributed by atoms with van der Waals surface area (Å²) >= 11 is -0.267. The van der Waals surface area contributed by atoms with Gasteiger partial charge in [0, 0.05) is 12.0 Å². The van der Waals surface area contributed by atoms with Crippen molar-refractivity contribution in [2.45, 2.75) is 93.4 Å². The number of halogens is 13. The van der Waals surface area contributed by atoms with Crippen LogP contribution in [0.2, 0.25) is 0 Å². The molecule has 0 aliphatic carbocycles. The van der Waals surface area contributed by atoms with Gasteiger partial charge in [0.2, 0.25) is 0 Å². The van der Waals surface area contributed by atoms with Gasteiger partial charge in [0.1, 0.15) is 5.25 Å². The van der Waals surface area contributed by atoms with Crippen LogP contribution in [0, 0.1) is 5.92 Å². The normalized spacial score (nSPS) is 15.0. The summed E-state index contributed by atoms with van der Waals surface area (Å²) in [5, 5.41) is 10.9. The monoisotopic (exact) mass is 678 g/mol. The van der Waals surface area contributed by atoms with E-state index >= 15 is 0 Å². The smallest absolute Gasteiger partial charge is 0.691 e. The Morgan fingerprint density at radius 3 is 1.79 bits per heavy atom. The van der Waals surface area contributed by atoms with Gasteiger partial charge in [-0.3, -0.25) is 14.6 Å². The Bertz CT molecular complexity index is 848. The van der Waals surface area contributed by atoms with E-state index in [1.54, 1.807) is 6.92 Å². The predicted molar refractivity (Wildman–Crippen MR) is 109 cm³/mol. The van der Waals surface area contributed by atoms with Crippen LogP contribution in [0.15, 0.2) is 0 Å². The van der Waals surface area contributed by atoms with Crippen molar-refractivity contribution >= 4 is 24.0 Å². The molecule has 0 rings (SSSR count). The molecule has 0 saturated heterocycles. The van der Waals surface area contributed by atoms with Crippen LogP contribution in [0.3, 0.4) is 0 Å². The Morgan fingerprint density at radius 1 is 0.810 bits per heavy atom. The van der Waals surface area contributed by atoms with Crippen LogP contribution in [-0.4, -0.2) is 66.2 Å². The molecule has 42 heavy (non-hydrogen) atoms. The first-order valence-corrected chi connectivity index (χ1v) is 12.2. The Hall–Kier alpha value is -0.740. The topological polar surface area (TPSA) is 94.1 Å². The van der Waals surface area contributed by atoms with Crippen molar-refractivity contribution < 1.29 is 120 Å². The minimum Gasteiger partial charge on any atom is -0.691 e. The SMILES string of the molecule is CCCCC(CC)COC(=O)CC(SOO[O-])C(=O)OCCC(F)(F)C(F)(F)C(F)(F)C(F)(F)C(F)(F)C(F)(F)F.[Na+]. The number of carbonyl (C=O) groups excluding carboxylic acids is 2. The standard InChI is InChI=1S/C20H25F13O7S.Na/c1-3-5-6-11(4-2)10-38-13(34)9-12(41-40-39-36)14(35)37-8-7-15(21,22)16(23,24)17(25,26)18(27,28)19(29,30)20(31,32)33;/h11-12,36H,3-10H2,1-2H3;/q;+1/p-1. The van der Waals surface area contributed by atoms with E-state index in [0.717, 1.165) is 12.8 Å². The van der Waals surface area contributed by atoms with Gasteiger partial charge in [-0.15, -0.1) is 0 Å². The molecular formula is C20H24F13NaO7S. The molecule has 2 unspecified atom stereocenters. The van der Waals surface area contributed by atoms with E-state index in [-0.39, 0.29) is 54.1 Å². The maximum atomic E-state index is 13.8. The Kier molecular flexibility index (Phi) is 17.7. The molecule has 7 nitrogen and oxygen atoms in total. The first-order chi connectivity index (χ1) is 18.5. The van der Waals surface area contributed by atoms with Gasteiger partial charge in [0.15, 0.2) is 0 Å². The van der Waals surface area contributed by atoms with Crippen LogP contribution in [0.1, 0.15) is 52.4 Å². The van der Waals surface area contributed by atoms with E-state index < -0.39 is 72.4 Å². The fraction of sp³-hybridized carbons (Fsp3) is 0.900. The number of ether oxygens (including phenoxy) is 2. The number of carbonyl (C=O) groups is 2. The molecule has 0 N–H and O–H groups in total. The van der Waals surface area contributed by atoms with Crippen LogP contribution < -0.4 is 34.8 Å². The number of hydrogen-bond donors (Lipinski definition) is 0. The molecule has 0 aromatic heterocycles. The molecule has 0 aliphatic rings. The zero-order valence-electron chi connectivity index (χ0n) is 22.0. The molecule has 0 amide bonds. The van der Waals surface area contributed by atoms with Gasteiger partial charge in [-0.2, -0.15) is 61.4 Å². The molecule has 0 spiro atoms. The fourth-order valence-corrected chi connectivity index (χ4v) is 3.35. The maximum absolute atomic E-state index is 13.8. The van der Waals surface area contributed by atoms with Crippen LogP contribution in [0.4, 0.5) is 57.1 Å². The van der Waals surface area contributed by atoms with Crippen LogP contribution in [0.5, 0.6) is 0 Å². The van der Waals surface area contributed by atoms with Crippen molar-refractivity contribution in [1.29, 1.82) is 0 Å². The van der Waals surface area contributed by atoms with Crippen molar-refractivity contribution in [2.75, 3.05) is 13.2 Å². The molecule has 22 heteroatoms. The molecule has 0 aromatic rings. The molecule has 0 fully saturated rings. The summed E-state index contributed by atoms with van der Waals surface area (Å²) in [4.78, 5) is 24.0. The molecule has 0 radical (unpaired) electrons. The summed E-state index contributed by atoms with van der Waals surface area (Å²) in [7, 11) is 0. The summed E-state index contributed by atoms with van der Waals surface area (Å²) in [6.45, 7) is 1.50. The van der Waals surface area contributed by atoms with Gasteiger partial charge in [0.25, 0.3) is 0 Å². The second-order valence-corrected chi connectivity index (χ2v) is 9.34. The molecule has 244 valence electrons. The number of alkyl halides is 13. The largest absolute Gasteiger partial charge is 1.00 e. The molecule has 0 aromatic carbocycles. The van der Waals surface area contributed by atoms with Crippen LogP contribution in [-0.2, 0) is 28.4 Å². The minimum atomic E-state index is -8.06. The van der Waals surface area contributed by atoms with Crippen molar-refractivity contribution in [2.24, 2.45) is 5.92 Å². The van der Waals surface area contributed by atoms with Crippen molar-refractivity contribution in [3.63, 3.8) is 0 Å². The average Bonchev–Trinajstić information content (AvgIpc) is 2.85. The number of unbranched alkanes of at least 4 members (excludes halogenated alkanes) is 1. The first kappa shape index (κ1) is 43.4. The van der Waals surface area contributed by atoms with Crippen LogP contribution >= 0.6 is 12.0 Å². The average molecular weight is 678 g/mol. The number of hydrogen-bond acceptors (Lipinski definition) is 8. The molecular weight excluding hydrogens is 654 g/mol. The van der Waals surface area contributed by atoms with Gasteiger partial charge in [-0.1, -0.05) is 33.1 Å². The summed E-state index contributed by atoms with van der Waals surface area (Å²) < 4.78 is 184. The zero-order valence-corrected chi connectivity index (χ0v) is 24.8. The molecule has 0 bridgehead atoms. The number of rotatable bonds is 19. The number of esters is 2. The Labute approximate surface area is 256 Å². The fourth-order valence-electron chi connectivity index (χ4n) is 2.87.